The third-order valence-corrected chi connectivity index (χ3v) is 3.64. The van der Waals surface area contributed by atoms with E-state index in [1.165, 1.54) is 13.2 Å². The molecule has 1 heterocycles. The van der Waals surface area contributed by atoms with Crippen LogP contribution in [0.15, 0.2) is 34.3 Å². The van der Waals surface area contributed by atoms with Crippen molar-refractivity contribution in [2.75, 3.05) is 13.7 Å². The number of Topliss-reactive ketones (excluding diaryl/α,β-unsaturated/α-hetero) is 1. The molecule has 0 spiro atoms. The molecule has 0 amide bonds. The Morgan fingerprint density at radius 3 is 2.72 bits per heavy atom. The summed E-state index contributed by atoms with van der Waals surface area (Å²) in [6.45, 7) is 0.194. The van der Waals surface area contributed by atoms with Gasteiger partial charge in [0.05, 0.1) is 12.7 Å². The second kappa shape index (κ2) is 4.12. The quantitative estimate of drug-likeness (QED) is 0.662. The van der Waals surface area contributed by atoms with Crippen molar-refractivity contribution in [1.82, 2.24) is 0 Å². The number of rotatable bonds is 1. The highest BCUT2D eigenvalue weighted by molar-refractivity contribution is 6.24. The Hall–Kier alpha value is -1.84. The first-order chi connectivity index (χ1) is 8.72. The van der Waals surface area contributed by atoms with E-state index < -0.39 is 0 Å². The van der Waals surface area contributed by atoms with E-state index in [9.17, 15) is 9.59 Å². The number of hydrogen-bond donors (Lipinski definition) is 0. The number of hydrogen-bond acceptors (Lipinski definition) is 4. The maximum absolute atomic E-state index is 12.1. The van der Waals surface area contributed by atoms with Crippen molar-refractivity contribution in [1.29, 1.82) is 0 Å². The van der Waals surface area contributed by atoms with Gasteiger partial charge in [0.25, 0.3) is 0 Å². The molecule has 4 heteroatoms. The van der Waals surface area contributed by atoms with Gasteiger partial charge in [0, 0.05) is 23.6 Å². The van der Waals surface area contributed by atoms with E-state index in [4.69, 9.17) is 9.47 Å². The lowest BCUT2D eigenvalue weighted by atomic mass is 9.82. The number of carbonyl (C=O) groups excluding carboxylic acids is 2. The van der Waals surface area contributed by atoms with Gasteiger partial charge < -0.3 is 9.47 Å². The highest BCUT2D eigenvalue weighted by atomic mass is 16.5. The summed E-state index contributed by atoms with van der Waals surface area (Å²) >= 11 is 0. The monoisotopic (exact) mass is 246 g/mol. The summed E-state index contributed by atoms with van der Waals surface area (Å²) in [4.78, 5) is 24.2. The van der Waals surface area contributed by atoms with Crippen LogP contribution in [0.25, 0.3) is 0 Å². The summed E-state index contributed by atoms with van der Waals surface area (Å²) in [5, 5.41) is 0. The largest absolute Gasteiger partial charge is 0.493 e. The van der Waals surface area contributed by atoms with Crippen LogP contribution >= 0.6 is 0 Å². The number of ether oxygens (including phenoxy) is 2. The Labute approximate surface area is 105 Å². The fraction of sp³-hybridized carbons (Fsp3) is 0.429. The van der Waals surface area contributed by atoms with E-state index in [2.05, 4.69) is 0 Å². The fourth-order valence-corrected chi connectivity index (χ4v) is 2.75. The molecule has 0 saturated carbocycles. The van der Waals surface area contributed by atoms with Gasteiger partial charge in [-0.2, -0.15) is 0 Å². The second-order valence-corrected chi connectivity index (χ2v) is 4.66. The van der Waals surface area contributed by atoms with Gasteiger partial charge in [0.15, 0.2) is 11.5 Å². The van der Waals surface area contributed by atoms with Crippen LogP contribution in [-0.2, 0) is 19.1 Å². The van der Waals surface area contributed by atoms with Gasteiger partial charge in [-0.25, -0.2) is 0 Å². The average molecular weight is 246 g/mol. The van der Waals surface area contributed by atoms with Gasteiger partial charge in [0.2, 0.25) is 5.78 Å². The van der Waals surface area contributed by atoms with Crippen molar-refractivity contribution in [2.24, 2.45) is 0 Å². The number of allylic oxidation sites excluding steroid dienone is 5. The normalized spacial score (nSPS) is 23.3. The average Bonchev–Trinajstić information content (AvgIpc) is 2.41. The summed E-state index contributed by atoms with van der Waals surface area (Å²) in [5.41, 5.74) is 1.97. The molecule has 0 aromatic heterocycles. The zero-order valence-corrected chi connectivity index (χ0v) is 10.2. The summed E-state index contributed by atoms with van der Waals surface area (Å²) in [6.07, 6.45) is 5.12. The Morgan fingerprint density at radius 1 is 1.17 bits per heavy atom. The molecule has 3 aliphatic rings. The lowest BCUT2D eigenvalue weighted by Gasteiger charge is -2.30. The lowest BCUT2D eigenvalue weighted by molar-refractivity contribution is -0.118. The van der Waals surface area contributed by atoms with Crippen molar-refractivity contribution in [2.45, 2.75) is 25.7 Å². The fourth-order valence-electron chi connectivity index (χ4n) is 2.75. The molecule has 0 bridgehead atoms. The van der Waals surface area contributed by atoms with Gasteiger partial charge in [-0.3, -0.25) is 9.59 Å². The van der Waals surface area contributed by atoms with Crippen LogP contribution in [0.1, 0.15) is 25.7 Å². The smallest absolute Gasteiger partial charge is 0.227 e. The maximum Gasteiger partial charge on any atom is 0.227 e. The minimum Gasteiger partial charge on any atom is -0.493 e. The number of fused-ring (bicyclic) bond motifs is 1. The topological polar surface area (TPSA) is 52.6 Å². The van der Waals surface area contributed by atoms with Crippen molar-refractivity contribution in [3.05, 3.63) is 34.3 Å². The molecular formula is C14H14O4. The van der Waals surface area contributed by atoms with Crippen molar-refractivity contribution >= 4 is 11.6 Å². The molecular weight excluding hydrogens is 232 g/mol. The predicted molar refractivity (Wildman–Crippen MR) is 63.6 cm³/mol. The third kappa shape index (κ3) is 1.52. The first-order valence-electron chi connectivity index (χ1n) is 6.15. The van der Waals surface area contributed by atoms with Crippen molar-refractivity contribution in [3.63, 3.8) is 0 Å². The minimum absolute atomic E-state index is 0.113. The molecule has 18 heavy (non-hydrogen) atoms. The molecule has 0 radical (unpaired) electrons. The minimum atomic E-state index is -0.218. The van der Waals surface area contributed by atoms with E-state index in [1.54, 1.807) is 0 Å². The molecule has 0 saturated heterocycles. The zero-order valence-electron chi connectivity index (χ0n) is 10.2. The molecule has 0 atom stereocenters. The molecule has 0 unspecified atom stereocenters. The Balaban J connectivity index is 2.09. The summed E-state index contributed by atoms with van der Waals surface area (Å²) in [6, 6.07) is 0. The Bertz CT molecular complexity index is 534. The van der Waals surface area contributed by atoms with E-state index in [0.717, 1.165) is 37.0 Å². The van der Waals surface area contributed by atoms with Crippen molar-refractivity contribution in [3.8, 4) is 0 Å². The van der Waals surface area contributed by atoms with Gasteiger partial charge in [-0.1, -0.05) is 0 Å². The lowest BCUT2D eigenvalue weighted by Crippen LogP contribution is -2.28. The first-order valence-corrected chi connectivity index (χ1v) is 6.15. The maximum atomic E-state index is 12.1. The molecule has 2 aliphatic carbocycles. The molecule has 0 fully saturated rings. The Morgan fingerprint density at radius 2 is 1.94 bits per heavy atom. The molecule has 1 aliphatic heterocycles. The second-order valence-electron chi connectivity index (χ2n) is 4.66. The number of carbonyl (C=O) groups is 2. The van der Waals surface area contributed by atoms with Crippen LogP contribution < -0.4 is 0 Å². The van der Waals surface area contributed by atoms with Gasteiger partial charge in [-0.05, 0) is 19.3 Å². The molecule has 94 valence electrons. The van der Waals surface area contributed by atoms with Crippen LogP contribution in [0.5, 0.6) is 0 Å². The van der Waals surface area contributed by atoms with Gasteiger partial charge in [-0.15, -0.1) is 0 Å². The first kappa shape index (κ1) is 11.3. The van der Waals surface area contributed by atoms with E-state index in [1.807, 2.05) is 0 Å². The molecule has 0 N–H and O–H groups in total. The molecule has 0 aromatic carbocycles. The Kier molecular flexibility index (Phi) is 2.58. The number of methoxy groups -OCH3 is 1. The van der Waals surface area contributed by atoms with Crippen LogP contribution in [0.3, 0.4) is 0 Å². The van der Waals surface area contributed by atoms with E-state index in [0.29, 0.717) is 11.1 Å². The molecule has 3 rings (SSSR count). The van der Waals surface area contributed by atoms with Crippen LogP contribution in [-0.4, -0.2) is 25.3 Å². The molecule has 0 aromatic rings. The van der Waals surface area contributed by atoms with Crippen LogP contribution in [0.4, 0.5) is 0 Å². The molecule has 4 nitrogen and oxygen atoms in total. The van der Waals surface area contributed by atoms with E-state index in [-0.39, 0.29) is 23.9 Å². The van der Waals surface area contributed by atoms with Crippen LogP contribution in [0.2, 0.25) is 0 Å². The van der Waals surface area contributed by atoms with Crippen molar-refractivity contribution < 1.29 is 19.1 Å². The van der Waals surface area contributed by atoms with Gasteiger partial charge >= 0.3 is 0 Å². The van der Waals surface area contributed by atoms with Crippen LogP contribution in [0, 0.1) is 0 Å². The standard InChI is InChI=1S/C14H14O4/c1-17-12-6-10(15)13-8-4-2-3-5-11(8)18-7-9(13)14(12)16/h6H,2-5,7H2,1H3. The number of ketones is 2. The highest BCUT2D eigenvalue weighted by Gasteiger charge is 2.36. The third-order valence-electron chi connectivity index (χ3n) is 3.64. The van der Waals surface area contributed by atoms with Gasteiger partial charge in [0.1, 0.15) is 12.4 Å². The SMILES string of the molecule is COC1=CC(=O)C2=C(COC3=C2CCCC3)C1=O. The predicted octanol–water partition coefficient (Wildman–Crippen LogP) is 1.82. The summed E-state index contributed by atoms with van der Waals surface area (Å²) in [7, 11) is 1.40. The summed E-state index contributed by atoms with van der Waals surface area (Å²) < 4.78 is 10.6. The zero-order chi connectivity index (χ0) is 12.7. The highest BCUT2D eigenvalue weighted by Crippen LogP contribution is 2.38. The van der Waals surface area contributed by atoms with E-state index >= 15 is 0 Å². The summed E-state index contributed by atoms with van der Waals surface area (Å²) in [5.74, 6) is 0.668.